The average molecular weight is 331 g/mol. The lowest BCUT2D eigenvalue weighted by atomic mass is 10.1. The Hall–Kier alpha value is -2.47. The van der Waals surface area contributed by atoms with Gasteiger partial charge in [0.15, 0.2) is 11.5 Å². The summed E-state index contributed by atoms with van der Waals surface area (Å²) in [5.74, 6) is 0.00226. The Kier molecular flexibility index (Phi) is 5.28. The van der Waals surface area contributed by atoms with Gasteiger partial charge in [0.1, 0.15) is 0 Å². The fourth-order valence-electron chi connectivity index (χ4n) is 2.18. The monoisotopic (exact) mass is 331 g/mol. The quantitative estimate of drug-likeness (QED) is 0.639. The average Bonchev–Trinajstić information content (AvgIpc) is 2.78. The molecule has 0 spiro atoms. The van der Waals surface area contributed by atoms with Gasteiger partial charge in [-0.3, -0.25) is 14.5 Å². The molecule has 0 aliphatic carbocycles. The van der Waals surface area contributed by atoms with E-state index in [0.29, 0.717) is 28.2 Å². The molecule has 1 heterocycles. The summed E-state index contributed by atoms with van der Waals surface area (Å²) in [6, 6.07) is 3.35. The van der Waals surface area contributed by atoms with Crippen molar-refractivity contribution in [2.24, 2.45) is 0 Å². The molecule has 2 rings (SSSR count). The van der Waals surface area contributed by atoms with E-state index >= 15 is 0 Å². The van der Waals surface area contributed by atoms with Crippen LogP contribution in [-0.4, -0.2) is 34.8 Å². The summed E-state index contributed by atoms with van der Waals surface area (Å²) >= 11 is 0.881. The third-order valence-corrected chi connectivity index (χ3v) is 4.15. The van der Waals surface area contributed by atoms with E-state index in [4.69, 9.17) is 4.74 Å². The number of thioether (sulfide) groups is 1. The van der Waals surface area contributed by atoms with Gasteiger partial charge in [0.05, 0.1) is 12.0 Å². The fraction of sp³-hybridized carbons (Fsp3) is 0.176. The van der Waals surface area contributed by atoms with Gasteiger partial charge in [0.2, 0.25) is 0 Å². The lowest BCUT2D eigenvalue weighted by molar-refractivity contribution is -0.122. The van der Waals surface area contributed by atoms with Gasteiger partial charge < -0.3 is 9.84 Å². The Labute approximate surface area is 138 Å². The number of allylic oxidation sites excluding steroid dienone is 1. The molecule has 1 aromatic rings. The molecule has 0 radical (unpaired) electrons. The van der Waals surface area contributed by atoms with Gasteiger partial charge >= 0.3 is 0 Å². The molecular weight excluding hydrogens is 314 g/mol. The maximum atomic E-state index is 12.2. The van der Waals surface area contributed by atoms with Gasteiger partial charge in [0.25, 0.3) is 11.1 Å². The zero-order chi connectivity index (χ0) is 17.0. The van der Waals surface area contributed by atoms with E-state index in [1.54, 1.807) is 24.3 Å². The minimum Gasteiger partial charge on any atom is -0.504 e. The number of amides is 2. The highest BCUT2D eigenvalue weighted by Gasteiger charge is 2.34. The highest BCUT2D eigenvalue weighted by Crippen LogP contribution is 2.36. The molecule has 2 amide bonds. The summed E-state index contributed by atoms with van der Waals surface area (Å²) in [6.07, 6.45) is 5.24. The number of hydrogen-bond donors (Lipinski definition) is 1. The predicted octanol–water partition coefficient (Wildman–Crippen LogP) is 3.35. The van der Waals surface area contributed by atoms with Crippen LogP contribution in [0.4, 0.5) is 4.79 Å². The number of ether oxygens (including phenoxy) is 1. The minimum absolute atomic E-state index is 0.0457. The minimum atomic E-state index is -0.350. The predicted molar refractivity (Wildman–Crippen MR) is 91.4 cm³/mol. The van der Waals surface area contributed by atoms with E-state index in [1.165, 1.54) is 13.2 Å². The van der Waals surface area contributed by atoms with E-state index < -0.39 is 0 Å². The van der Waals surface area contributed by atoms with Gasteiger partial charge in [-0.2, -0.15) is 0 Å². The molecule has 1 aromatic carbocycles. The molecule has 120 valence electrons. The van der Waals surface area contributed by atoms with Crippen LogP contribution in [0.2, 0.25) is 0 Å². The molecule has 0 atom stereocenters. The third kappa shape index (κ3) is 3.48. The molecule has 5 nitrogen and oxygen atoms in total. The van der Waals surface area contributed by atoms with Crippen LogP contribution in [0.25, 0.3) is 6.08 Å². The molecule has 1 aliphatic heterocycles. The van der Waals surface area contributed by atoms with E-state index in [2.05, 4.69) is 13.2 Å². The second kappa shape index (κ2) is 7.19. The molecule has 1 N–H and O–H groups in total. The number of benzene rings is 1. The maximum Gasteiger partial charge on any atom is 0.293 e. The third-order valence-electron chi connectivity index (χ3n) is 3.24. The van der Waals surface area contributed by atoms with Crippen LogP contribution in [0.3, 0.4) is 0 Å². The first-order valence-corrected chi connectivity index (χ1v) is 7.70. The summed E-state index contributed by atoms with van der Waals surface area (Å²) < 4.78 is 5.15. The van der Waals surface area contributed by atoms with E-state index in [9.17, 15) is 14.7 Å². The van der Waals surface area contributed by atoms with Crippen molar-refractivity contribution >= 4 is 29.0 Å². The number of carbonyl (C=O) groups is 2. The number of nitrogens with zero attached hydrogens (tertiary/aromatic N) is 1. The van der Waals surface area contributed by atoms with Gasteiger partial charge in [0, 0.05) is 12.1 Å². The number of hydrogen-bond acceptors (Lipinski definition) is 5. The fourth-order valence-corrected chi connectivity index (χ4v) is 3.03. The van der Waals surface area contributed by atoms with E-state index in [-0.39, 0.29) is 23.4 Å². The maximum absolute atomic E-state index is 12.2. The summed E-state index contributed by atoms with van der Waals surface area (Å²) in [7, 11) is 1.45. The van der Waals surface area contributed by atoms with Crippen molar-refractivity contribution < 1.29 is 19.4 Å². The molecule has 23 heavy (non-hydrogen) atoms. The normalized spacial score (nSPS) is 16.0. The Bertz CT molecular complexity index is 709. The summed E-state index contributed by atoms with van der Waals surface area (Å²) in [4.78, 5) is 25.5. The number of rotatable bonds is 6. The van der Waals surface area contributed by atoms with Crippen LogP contribution in [0.15, 0.2) is 42.3 Å². The molecule has 0 aromatic heterocycles. The largest absolute Gasteiger partial charge is 0.504 e. The molecule has 0 saturated carbocycles. The van der Waals surface area contributed by atoms with Crippen molar-refractivity contribution in [3.8, 4) is 11.5 Å². The highest BCUT2D eigenvalue weighted by atomic mass is 32.2. The van der Waals surface area contributed by atoms with Gasteiger partial charge in [-0.25, -0.2) is 0 Å². The van der Waals surface area contributed by atoms with E-state index in [0.717, 1.165) is 16.7 Å². The zero-order valence-corrected chi connectivity index (χ0v) is 13.6. The van der Waals surface area contributed by atoms with Crippen LogP contribution in [0.1, 0.15) is 11.1 Å². The molecule has 0 unspecified atom stereocenters. The van der Waals surface area contributed by atoms with Crippen molar-refractivity contribution in [1.29, 1.82) is 0 Å². The Morgan fingerprint density at radius 3 is 2.65 bits per heavy atom. The molecule has 1 aliphatic rings. The van der Waals surface area contributed by atoms with Crippen molar-refractivity contribution in [3.63, 3.8) is 0 Å². The van der Waals surface area contributed by atoms with Crippen LogP contribution in [0, 0.1) is 0 Å². The lowest BCUT2D eigenvalue weighted by Gasteiger charge is -2.10. The topological polar surface area (TPSA) is 66.8 Å². The molecule has 1 saturated heterocycles. The number of aromatic hydroxyl groups is 1. The number of carbonyl (C=O) groups excluding carboxylic acids is 2. The number of phenolic OH excluding ortho intramolecular Hbond substituents is 1. The summed E-state index contributed by atoms with van der Waals surface area (Å²) in [5, 5.41) is 9.75. The second-order valence-corrected chi connectivity index (χ2v) is 5.80. The SMILES string of the molecule is C=CCc1cc(/C=C2/SC(=O)N(CC=C)C2=O)cc(OC)c1O. The summed E-state index contributed by atoms with van der Waals surface area (Å²) in [5.41, 5.74) is 1.30. The van der Waals surface area contributed by atoms with Gasteiger partial charge in [-0.1, -0.05) is 12.2 Å². The Morgan fingerprint density at radius 2 is 2.04 bits per heavy atom. The standard InChI is InChI=1S/C17H17NO4S/c1-4-6-12-8-11(9-13(22-3)15(12)19)10-14-16(20)18(7-5-2)17(21)23-14/h4-5,8-10,19H,1-2,6-7H2,3H3/b14-10+. The Balaban J connectivity index is 2.41. The first kappa shape index (κ1) is 16.9. The molecule has 0 bridgehead atoms. The van der Waals surface area contributed by atoms with E-state index in [1.807, 2.05) is 0 Å². The molecular formula is C17H17NO4S. The van der Waals surface area contributed by atoms with Crippen LogP contribution in [0.5, 0.6) is 11.5 Å². The van der Waals surface area contributed by atoms with Crippen molar-refractivity contribution in [2.75, 3.05) is 13.7 Å². The van der Waals surface area contributed by atoms with Crippen LogP contribution < -0.4 is 4.74 Å². The highest BCUT2D eigenvalue weighted by molar-refractivity contribution is 8.18. The lowest BCUT2D eigenvalue weighted by Crippen LogP contribution is -2.27. The molecule has 6 heteroatoms. The van der Waals surface area contributed by atoms with Crippen LogP contribution in [-0.2, 0) is 11.2 Å². The first-order chi connectivity index (χ1) is 11.0. The van der Waals surface area contributed by atoms with Crippen molar-refractivity contribution in [2.45, 2.75) is 6.42 Å². The molecule has 1 fully saturated rings. The van der Waals surface area contributed by atoms with Crippen molar-refractivity contribution in [1.82, 2.24) is 4.90 Å². The van der Waals surface area contributed by atoms with Crippen molar-refractivity contribution in [3.05, 3.63) is 53.5 Å². The number of imide groups is 1. The number of methoxy groups -OCH3 is 1. The second-order valence-electron chi connectivity index (χ2n) is 4.80. The zero-order valence-electron chi connectivity index (χ0n) is 12.7. The Morgan fingerprint density at radius 1 is 1.30 bits per heavy atom. The number of phenols is 1. The van der Waals surface area contributed by atoms with Crippen LogP contribution >= 0.6 is 11.8 Å². The van der Waals surface area contributed by atoms with Gasteiger partial charge in [-0.05, 0) is 42.0 Å². The van der Waals surface area contributed by atoms with Gasteiger partial charge in [-0.15, -0.1) is 13.2 Å². The smallest absolute Gasteiger partial charge is 0.293 e. The summed E-state index contributed by atoms with van der Waals surface area (Å²) in [6.45, 7) is 7.37. The first-order valence-electron chi connectivity index (χ1n) is 6.88.